The van der Waals surface area contributed by atoms with Crippen LogP contribution in [0.2, 0.25) is 0 Å². The second-order valence-electron chi connectivity index (χ2n) is 8.25. The van der Waals surface area contributed by atoms with Crippen LogP contribution in [0.25, 0.3) is 0 Å². The van der Waals surface area contributed by atoms with E-state index in [0.29, 0.717) is 25.6 Å². The number of hydrogen-bond donors (Lipinski definition) is 2. The summed E-state index contributed by atoms with van der Waals surface area (Å²) in [4.78, 5) is 19.0. The molecule has 2 unspecified atom stereocenters. The van der Waals surface area contributed by atoms with Crippen LogP contribution in [0, 0.1) is 0 Å². The van der Waals surface area contributed by atoms with Crippen molar-refractivity contribution in [2.24, 2.45) is 4.99 Å². The van der Waals surface area contributed by atoms with Gasteiger partial charge < -0.3 is 24.6 Å². The van der Waals surface area contributed by atoms with Crippen LogP contribution >= 0.6 is 24.0 Å². The first kappa shape index (κ1) is 25.5. The smallest absolute Gasteiger partial charge is 0.412 e. The number of ether oxygens (including phenoxy) is 2. The van der Waals surface area contributed by atoms with Gasteiger partial charge in [-0.2, -0.15) is 0 Å². The summed E-state index contributed by atoms with van der Waals surface area (Å²) in [7, 11) is 0. The molecule has 1 aromatic rings. The highest BCUT2D eigenvalue weighted by atomic mass is 127. The van der Waals surface area contributed by atoms with Crippen LogP contribution in [0.15, 0.2) is 21.8 Å². The predicted molar refractivity (Wildman–Crippen MR) is 121 cm³/mol. The maximum absolute atomic E-state index is 12.8. The molecule has 9 nitrogen and oxygen atoms in total. The van der Waals surface area contributed by atoms with Crippen molar-refractivity contribution in [3.63, 3.8) is 0 Å². The molecule has 0 aliphatic carbocycles. The van der Waals surface area contributed by atoms with Gasteiger partial charge in [0.15, 0.2) is 5.96 Å². The van der Waals surface area contributed by atoms with Crippen molar-refractivity contribution in [3.8, 4) is 0 Å². The molecule has 0 aromatic carbocycles. The van der Waals surface area contributed by atoms with Crippen LogP contribution in [0.3, 0.4) is 0 Å². The molecule has 10 heteroatoms. The lowest BCUT2D eigenvalue weighted by Gasteiger charge is -2.35. The lowest BCUT2D eigenvalue weighted by molar-refractivity contribution is -0.0755. The van der Waals surface area contributed by atoms with Crippen molar-refractivity contribution in [1.82, 2.24) is 20.7 Å². The summed E-state index contributed by atoms with van der Waals surface area (Å²) in [5.41, 5.74) is -0.596. The lowest BCUT2D eigenvalue weighted by Crippen LogP contribution is -2.54. The van der Waals surface area contributed by atoms with Crippen molar-refractivity contribution < 1.29 is 18.8 Å². The summed E-state index contributed by atoms with van der Waals surface area (Å²) in [6, 6.07) is 1.56. The highest BCUT2D eigenvalue weighted by Crippen LogP contribution is 2.33. The minimum Gasteiger partial charge on any atom is -0.444 e. The average molecular weight is 523 g/mol. The summed E-state index contributed by atoms with van der Waals surface area (Å²) >= 11 is 0. The third kappa shape index (κ3) is 7.32. The van der Waals surface area contributed by atoms with Crippen LogP contribution in [0.1, 0.15) is 54.2 Å². The van der Waals surface area contributed by atoms with Crippen LogP contribution < -0.4 is 10.6 Å². The molecule has 0 radical (unpaired) electrons. The lowest BCUT2D eigenvalue weighted by atomic mass is 10.1. The summed E-state index contributed by atoms with van der Waals surface area (Å²) in [5, 5.41) is 10.3. The maximum Gasteiger partial charge on any atom is 0.412 e. The standard InChI is InChI=1S/C19H33N5O4.HI/c1-8-20-16(21-11-14-9-10-26-23-14)22-12-15-13(2)27-19(6,7)24(15)17(25)28-18(3,4)5;/h9-10,13,15H,8,11-12H2,1-7H3,(H2,20,21,22);1H. The van der Waals surface area contributed by atoms with E-state index in [1.165, 1.54) is 6.26 Å². The molecule has 29 heavy (non-hydrogen) atoms. The van der Waals surface area contributed by atoms with Crippen LogP contribution in [-0.2, 0) is 16.0 Å². The molecule has 1 aliphatic rings. The molecule has 0 saturated carbocycles. The first-order valence-corrected chi connectivity index (χ1v) is 9.65. The number of aromatic nitrogens is 1. The highest BCUT2D eigenvalue weighted by molar-refractivity contribution is 14.0. The van der Waals surface area contributed by atoms with E-state index in [1.54, 1.807) is 11.0 Å². The SMILES string of the molecule is CCNC(=NCc1ccon1)NCC1C(C)OC(C)(C)N1C(=O)OC(C)(C)C.I. The van der Waals surface area contributed by atoms with Gasteiger partial charge in [0.25, 0.3) is 0 Å². The van der Waals surface area contributed by atoms with Crippen LogP contribution in [0.5, 0.6) is 0 Å². The Labute approximate surface area is 190 Å². The number of nitrogens with zero attached hydrogens (tertiary/aromatic N) is 3. The monoisotopic (exact) mass is 523 g/mol. The van der Waals surface area contributed by atoms with Gasteiger partial charge in [-0.3, -0.25) is 4.90 Å². The Bertz CT molecular complexity index is 673. The first-order chi connectivity index (χ1) is 13.0. The zero-order valence-corrected chi connectivity index (χ0v) is 20.6. The van der Waals surface area contributed by atoms with E-state index >= 15 is 0 Å². The van der Waals surface area contributed by atoms with Gasteiger partial charge in [0.1, 0.15) is 23.3 Å². The molecule has 0 spiro atoms. The van der Waals surface area contributed by atoms with Crippen molar-refractivity contribution >= 4 is 36.0 Å². The number of carbonyl (C=O) groups excluding carboxylic acids is 1. The Morgan fingerprint density at radius 3 is 2.62 bits per heavy atom. The Morgan fingerprint density at radius 2 is 2.07 bits per heavy atom. The van der Waals surface area contributed by atoms with Gasteiger partial charge in [0.2, 0.25) is 0 Å². The molecule has 2 heterocycles. The van der Waals surface area contributed by atoms with Gasteiger partial charge >= 0.3 is 6.09 Å². The predicted octanol–water partition coefficient (Wildman–Crippen LogP) is 3.11. The molecule has 1 aromatic heterocycles. The molecule has 0 bridgehead atoms. The minimum atomic E-state index is -0.760. The summed E-state index contributed by atoms with van der Waals surface area (Å²) in [6.07, 6.45) is 0.968. The average Bonchev–Trinajstić information content (AvgIpc) is 3.13. The number of guanidine groups is 1. The van der Waals surface area contributed by atoms with E-state index in [2.05, 4.69) is 20.8 Å². The number of aliphatic imine (C=N–C) groups is 1. The second kappa shape index (κ2) is 10.5. The van der Waals surface area contributed by atoms with E-state index in [0.717, 1.165) is 5.69 Å². The van der Waals surface area contributed by atoms with Crippen LogP contribution in [0.4, 0.5) is 4.79 Å². The van der Waals surface area contributed by atoms with Crippen molar-refractivity contribution in [3.05, 3.63) is 18.0 Å². The van der Waals surface area contributed by atoms with Gasteiger partial charge in [0.05, 0.1) is 18.7 Å². The van der Waals surface area contributed by atoms with E-state index in [-0.39, 0.29) is 36.1 Å². The molecule has 2 rings (SSSR count). The fourth-order valence-corrected chi connectivity index (χ4v) is 3.15. The first-order valence-electron chi connectivity index (χ1n) is 9.65. The number of carbonyl (C=O) groups is 1. The Hall–Kier alpha value is -1.56. The molecule has 1 aliphatic heterocycles. The Balaban J connectivity index is 0.00000420. The van der Waals surface area contributed by atoms with Gasteiger partial charge in [0, 0.05) is 19.2 Å². The zero-order valence-electron chi connectivity index (χ0n) is 18.3. The van der Waals surface area contributed by atoms with E-state index in [1.807, 2.05) is 48.5 Å². The number of amides is 1. The minimum absolute atomic E-state index is 0. The molecular formula is C19H34IN5O4. The maximum atomic E-state index is 12.8. The molecular weight excluding hydrogens is 489 g/mol. The van der Waals surface area contributed by atoms with Gasteiger partial charge in [-0.15, -0.1) is 24.0 Å². The van der Waals surface area contributed by atoms with Crippen molar-refractivity contribution in [1.29, 1.82) is 0 Å². The normalized spacial score (nSPS) is 21.5. The van der Waals surface area contributed by atoms with Gasteiger partial charge in [-0.1, -0.05) is 5.16 Å². The molecule has 2 atom stereocenters. The number of nitrogens with one attached hydrogen (secondary N) is 2. The Kier molecular flexibility index (Phi) is 9.19. The van der Waals surface area contributed by atoms with Crippen LogP contribution in [-0.4, -0.2) is 58.7 Å². The fourth-order valence-electron chi connectivity index (χ4n) is 3.15. The topological polar surface area (TPSA) is 101 Å². The molecule has 1 fully saturated rings. The fraction of sp³-hybridized carbons (Fsp3) is 0.737. The van der Waals surface area contributed by atoms with Gasteiger partial charge in [-0.25, -0.2) is 9.79 Å². The quantitative estimate of drug-likeness (QED) is 0.348. The van der Waals surface area contributed by atoms with Gasteiger partial charge in [-0.05, 0) is 48.5 Å². The molecule has 166 valence electrons. The summed E-state index contributed by atoms with van der Waals surface area (Å²) in [5.74, 6) is 0.631. The number of rotatable bonds is 5. The molecule has 1 amide bonds. The van der Waals surface area contributed by atoms with E-state index in [4.69, 9.17) is 14.0 Å². The summed E-state index contributed by atoms with van der Waals surface area (Å²) < 4.78 is 16.5. The van der Waals surface area contributed by atoms with E-state index < -0.39 is 17.4 Å². The Morgan fingerprint density at radius 1 is 1.38 bits per heavy atom. The second-order valence-corrected chi connectivity index (χ2v) is 8.25. The highest BCUT2D eigenvalue weighted by Gasteiger charge is 2.49. The molecule has 1 saturated heterocycles. The van der Waals surface area contributed by atoms with E-state index in [9.17, 15) is 4.79 Å². The summed E-state index contributed by atoms with van der Waals surface area (Å²) in [6.45, 7) is 14.8. The van der Waals surface area contributed by atoms with Crippen molar-refractivity contribution in [2.45, 2.75) is 78.5 Å². The third-order valence-electron chi connectivity index (χ3n) is 4.23. The third-order valence-corrected chi connectivity index (χ3v) is 4.23. The van der Waals surface area contributed by atoms with Crippen molar-refractivity contribution in [2.75, 3.05) is 13.1 Å². The molecule has 2 N–H and O–H groups in total. The largest absolute Gasteiger partial charge is 0.444 e. The zero-order chi connectivity index (χ0) is 20.9. The number of halogens is 1. The number of hydrogen-bond acceptors (Lipinski definition) is 6.